The van der Waals surface area contributed by atoms with Crippen LogP contribution in [0, 0.1) is 15.3 Å². The zero-order chi connectivity index (χ0) is 20.3. The molecule has 0 N–H and O–H groups in total. The Bertz CT molecular complexity index is 969. The van der Waals surface area contributed by atoms with Crippen LogP contribution in [0.2, 0.25) is 0 Å². The van der Waals surface area contributed by atoms with Gasteiger partial charge in [0.25, 0.3) is 0 Å². The van der Waals surface area contributed by atoms with Crippen molar-refractivity contribution in [2.24, 2.45) is 10.9 Å². The van der Waals surface area contributed by atoms with Gasteiger partial charge in [0.2, 0.25) is 5.90 Å². The normalized spacial score (nSPS) is 15.0. The quantitative estimate of drug-likeness (QED) is 0.328. The summed E-state index contributed by atoms with van der Waals surface area (Å²) >= 11 is 2.16. The third-order valence-corrected chi connectivity index (χ3v) is 4.64. The Kier molecular flexibility index (Phi) is 6.33. The standard InChI is InChI=1S/C21H19FINO4/c1-12(2)11-27-19-16(23)8-13(10-18(19)26-3)9-17-21(25)28-20(24-17)14-6-4-5-7-15(14)22/h4-10,12H,11H2,1-3H3/b17-9-. The molecule has 1 heterocycles. The minimum absolute atomic E-state index is 0.0482. The summed E-state index contributed by atoms with van der Waals surface area (Å²) in [7, 11) is 1.56. The van der Waals surface area contributed by atoms with E-state index in [0.717, 1.165) is 3.57 Å². The predicted molar refractivity (Wildman–Crippen MR) is 113 cm³/mol. The van der Waals surface area contributed by atoms with Crippen LogP contribution in [0.15, 0.2) is 47.1 Å². The van der Waals surface area contributed by atoms with Crippen molar-refractivity contribution in [3.05, 3.63) is 62.6 Å². The molecule has 0 bridgehead atoms. The van der Waals surface area contributed by atoms with Crippen molar-refractivity contribution >= 4 is 40.5 Å². The van der Waals surface area contributed by atoms with Crippen LogP contribution in [-0.2, 0) is 9.53 Å². The maximum atomic E-state index is 13.9. The van der Waals surface area contributed by atoms with Crippen molar-refractivity contribution in [1.82, 2.24) is 0 Å². The smallest absolute Gasteiger partial charge is 0.363 e. The number of benzene rings is 2. The lowest BCUT2D eigenvalue weighted by molar-refractivity contribution is -0.129. The molecule has 0 fully saturated rings. The van der Waals surface area contributed by atoms with Gasteiger partial charge >= 0.3 is 5.97 Å². The van der Waals surface area contributed by atoms with E-state index in [2.05, 4.69) is 41.4 Å². The highest BCUT2D eigenvalue weighted by molar-refractivity contribution is 14.1. The van der Waals surface area contributed by atoms with Crippen molar-refractivity contribution < 1.29 is 23.4 Å². The first-order valence-electron chi connectivity index (χ1n) is 8.67. The van der Waals surface area contributed by atoms with Crippen molar-refractivity contribution in [2.75, 3.05) is 13.7 Å². The number of rotatable bonds is 6. The minimum Gasteiger partial charge on any atom is -0.493 e. The Labute approximate surface area is 176 Å². The molecule has 0 saturated carbocycles. The highest BCUT2D eigenvalue weighted by atomic mass is 127. The van der Waals surface area contributed by atoms with Crippen LogP contribution >= 0.6 is 22.6 Å². The topological polar surface area (TPSA) is 57.1 Å². The lowest BCUT2D eigenvalue weighted by Crippen LogP contribution is -2.07. The third-order valence-electron chi connectivity index (χ3n) is 3.84. The molecule has 1 aliphatic rings. The number of esters is 1. The van der Waals surface area contributed by atoms with Crippen LogP contribution < -0.4 is 9.47 Å². The van der Waals surface area contributed by atoms with Gasteiger partial charge in [-0.3, -0.25) is 0 Å². The molecule has 0 saturated heterocycles. The molecular formula is C21H19FINO4. The van der Waals surface area contributed by atoms with E-state index in [9.17, 15) is 9.18 Å². The van der Waals surface area contributed by atoms with Crippen LogP contribution in [0.4, 0.5) is 4.39 Å². The molecule has 3 rings (SSSR count). The molecule has 2 aromatic carbocycles. The van der Waals surface area contributed by atoms with Gasteiger partial charge < -0.3 is 14.2 Å². The second-order valence-electron chi connectivity index (χ2n) is 6.55. The number of cyclic esters (lactones) is 1. The fourth-order valence-corrected chi connectivity index (χ4v) is 3.31. The molecule has 5 nitrogen and oxygen atoms in total. The van der Waals surface area contributed by atoms with Crippen LogP contribution in [0.5, 0.6) is 11.5 Å². The lowest BCUT2D eigenvalue weighted by Gasteiger charge is -2.15. The second-order valence-corrected chi connectivity index (χ2v) is 7.72. The molecule has 0 amide bonds. The van der Waals surface area contributed by atoms with Crippen molar-refractivity contribution in [2.45, 2.75) is 13.8 Å². The molecule has 0 radical (unpaired) electrons. The molecule has 28 heavy (non-hydrogen) atoms. The van der Waals surface area contributed by atoms with E-state index in [4.69, 9.17) is 14.2 Å². The number of halogens is 2. The van der Waals surface area contributed by atoms with Gasteiger partial charge in [-0.15, -0.1) is 0 Å². The van der Waals surface area contributed by atoms with E-state index < -0.39 is 11.8 Å². The van der Waals surface area contributed by atoms with Gasteiger partial charge in [0.05, 0.1) is 22.9 Å². The summed E-state index contributed by atoms with van der Waals surface area (Å²) in [5, 5.41) is 0. The molecule has 0 spiro atoms. The van der Waals surface area contributed by atoms with Gasteiger partial charge in [-0.1, -0.05) is 26.0 Å². The van der Waals surface area contributed by atoms with E-state index in [1.54, 1.807) is 31.4 Å². The maximum absolute atomic E-state index is 13.9. The summed E-state index contributed by atoms with van der Waals surface area (Å²) < 4.78 is 31.2. The Morgan fingerprint density at radius 2 is 2.04 bits per heavy atom. The average molecular weight is 495 g/mol. The summed E-state index contributed by atoms with van der Waals surface area (Å²) in [6, 6.07) is 9.63. The van der Waals surface area contributed by atoms with Crippen LogP contribution in [0.3, 0.4) is 0 Å². The van der Waals surface area contributed by atoms with E-state index in [0.29, 0.717) is 29.6 Å². The summed E-state index contributed by atoms with van der Waals surface area (Å²) in [5.74, 6) is 0.410. The molecule has 0 unspecified atom stereocenters. The summed E-state index contributed by atoms with van der Waals surface area (Å²) in [6.45, 7) is 4.69. The highest BCUT2D eigenvalue weighted by Crippen LogP contribution is 2.35. The zero-order valence-electron chi connectivity index (χ0n) is 15.7. The summed E-state index contributed by atoms with van der Waals surface area (Å²) in [5.41, 5.74) is 0.930. The highest BCUT2D eigenvalue weighted by Gasteiger charge is 2.26. The van der Waals surface area contributed by atoms with E-state index in [-0.39, 0.29) is 17.2 Å². The van der Waals surface area contributed by atoms with Crippen LogP contribution in [0.25, 0.3) is 6.08 Å². The first-order chi connectivity index (χ1) is 13.4. The Balaban J connectivity index is 1.93. The first kappa shape index (κ1) is 20.3. The molecule has 2 aromatic rings. The number of carbonyl (C=O) groups is 1. The fraction of sp³-hybridized carbons (Fsp3) is 0.238. The average Bonchev–Trinajstić information content (AvgIpc) is 3.00. The number of nitrogens with zero attached hydrogens (tertiary/aromatic N) is 1. The Hall–Kier alpha value is -2.42. The predicted octanol–water partition coefficient (Wildman–Crippen LogP) is 4.82. The number of carbonyl (C=O) groups excluding carboxylic acids is 1. The number of methoxy groups -OCH3 is 1. The van der Waals surface area contributed by atoms with Gasteiger partial charge in [-0.05, 0) is 64.4 Å². The number of aliphatic imine (C=N–C) groups is 1. The van der Waals surface area contributed by atoms with E-state index in [1.807, 2.05) is 6.07 Å². The van der Waals surface area contributed by atoms with Crippen molar-refractivity contribution in [3.8, 4) is 11.5 Å². The molecule has 146 valence electrons. The SMILES string of the molecule is COc1cc(/C=C2\N=C(c3ccccc3F)OC2=O)cc(I)c1OCC(C)C. The zero-order valence-corrected chi connectivity index (χ0v) is 17.8. The van der Waals surface area contributed by atoms with Gasteiger partial charge in [-0.25, -0.2) is 14.2 Å². The van der Waals surface area contributed by atoms with Crippen LogP contribution in [0.1, 0.15) is 25.0 Å². The largest absolute Gasteiger partial charge is 0.493 e. The van der Waals surface area contributed by atoms with Crippen molar-refractivity contribution in [3.63, 3.8) is 0 Å². The minimum atomic E-state index is -0.632. The molecule has 7 heteroatoms. The monoisotopic (exact) mass is 495 g/mol. The molecule has 1 aliphatic heterocycles. The van der Waals surface area contributed by atoms with Crippen molar-refractivity contribution in [1.29, 1.82) is 0 Å². The summed E-state index contributed by atoms with van der Waals surface area (Å²) in [6.07, 6.45) is 1.58. The maximum Gasteiger partial charge on any atom is 0.363 e. The summed E-state index contributed by atoms with van der Waals surface area (Å²) in [4.78, 5) is 16.3. The van der Waals surface area contributed by atoms with Gasteiger partial charge in [0, 0.05) is 0 Å². The van der Waals surface area contributed by atoms with Gasteiger partial charge in [0.1, 0.15) is 5.82 Å². The number of hydrogen-bond acceptors (Lipinski definition) is 5. The molecule has 0 aromatic heterocycles. The first-order valence-corrected chi connectivity index (χ1v) is 9.74. The van der Waals surface area contributed by atoms with Gasteiger partial charge in [-0.2, -0.15) is 0 Å². The van der Waals surface area contributed by atoms with Gasteiger partial charge in [0.15, 0.2) is 17.2 Å². The van der Waals surface area contributed by atoms with Crippen LogP contribution in [-0.4, -0.2) is 25.6 Å². The molecular weight excluding hydrogens is 476 g/mol. The van der Waals surface area contributed by atoms with E-state index >= 15 is 0 Å². The molecule has 0 aliphatic carbocycles. The number of ether oxygens (including phenoxy) is 3. The number of hydrogen-bond donors (Lipinski definition) is 0. The van der Waals surface area contributed by atoms with E-state index in [1.165, 1.54) is 12.1 Å². The Morgan fingerprint density at radius 1 is 1.29 bits per heavy atom. The Morgan fingerprint density at radius 3 is 2.71 bits per heavy atom. The lowest BCUT2D eigenvalue weighted by atomic mass is 10.1. The fourth-order valence-electron chi connectivity index (χ4n) is 2.53. The molecule has 0 atom stereocenters. The third kappa shape index (κ3) is 4.52. The second kappa shape index (κ2) is 8.72.